The van der Waals surface area contributed by atoms with E-state index < -0.39 is 31.7 Å². The van der Waals surface area contributed by atoms with E-state index in [9.17, 15) is 21.6 Å². The van der Waals surface area contributed by atoms with Crippen LogP contribution < -0.4 is 5.48 Å². The number of carbonyl (C=O) groups is 1. The van der Waals surface area contributed by atoms with Gasteiger partial charge in [-0.2, -0.15) is 16.8 Å². The van der Waals surface area contributed by atoms with E-state index in [1.807, 2.05) is 6.92 Å². The van der Waals surface area contributed by atoms with E-state index >= 15 is 0 Å². The molecule has 0 bridgehead atoms. The van der Waals surface area contributed by atoms with E-state index in [4.69, 9.17) is 9.11 Å². The van der Waals surface area contributed by atoms with Gasteiger partial charge in [-0.15, -0.1) is 11.3 Å². The van der Waals surface area contributed by atoms with Crippen molar-refractivity contribution < 1.29 is 35.6 Å². The third kappa shape index (κ3) is 14.2. The highest BCUT2D eigenvalue weighted by Crippen LogP contribution is 2.13. The second-order valence-electron chi connectivity index (χ2n) is 4.15. The molecule has 1 amide bonds. The van der Waals surface area contributed by atoms with Crippen molar-refractivity contribution in [1.29, 1.82) is 0 Å². The van der Waals surface area contributed by atoms with Crippen molar-refractivity contribution in [2.75, 3.05) is 18.6 Å². The Morgan fingerprint density at radius 1 is 1.26 bits per heavy atom. The van der Waals surface area contributed by atoms with Gasteiger partial charge in [-0.25, -0.2) is 10.5 Å². The highest BCUT2D eigenvalue weighted by Gasteiger charge is 2.11. The van der Waals surface area contributed by atoms with Gasteiger partial charge in [-0.1, -0.05) is 0 Å². The number of hydrogen-bond donors (Lipinski definition) is 3. The molecule has 0 radical (unpaired) electrons. The molecule has 10 nitrogen and oxygen atoms in total. The van der Waals surface area contributed by atoms with Crippen LogP contribution in [0.1, 0.15) is 16.3 Å². The lowest BCUT2D eigenvalue weighted by atomic mass is 10.3. The molecule has 0 fully saturated rings. The molecule has 0 saturated heterocycles. The van der Waals surface area contributed by atoms with E-state index in [1.54, 1.807) is 17.5 Å². The molecule has 0 saturated carbocycles. The molecule has 134 valence electrons. The van der Waals surface area contributed by atoms with Crippen LogP contribution in [0.5, 0.6) is 0 Å². The molecule has 3 N–H and O–H groups in total. The molecule has 0 aliphatic rings. The molecule has 0 spiro atoms. The molecule has 1 heterocycles. The number of aromatic nitrogens is 1. The SMILES string of the molecule is CONC(=O)CCc1cnc(C)s1.O=S(=O)(O)CCS(=O)(=O)O. The summed E-state index contributed by atoms with van der Waals surface area (Å²) in [6, 6.07) is 0. The first-order valence-corrected chi connectivity index (χ1v) is 10.1. The van der Waals surface area contributed by atoms with Crippen LogP contribution in [0.3, 0.4) is 0 Å². The van der Waals surface area contributed by atoms with Crippen LogP contribution in [0.15, 0.2) is 6.20 Å². The van der Waals surface area contributed by atoms with E-state index in [0.717, 1.165) is 16.3 Å². The number of thiazole rings is 1. The fourth-order valence-electron chi connectivity index (χ4n) is 1.13. The topological polar surface area (TPSA) is 160 Å². The maximum atomic E-state index is 11.0. The Bertz CT molecular complexity index is 663. The Labute approximate surface area is 138 Å². The number of amides is 1. The monoisotopic (exact) mass is 390 g/mol. The van der Waals surface area contributed by atoms with Crippen LogP contribution in [0.25, 0.3) is 0 Å². The molecule has 0 aliphatic heterocycles. The summed E-state index contributed by atoms with van der Waals surface area (Å²) in [7, 11) is -7.17. The summed E-state index contributed by atoms with van der Waals surface area (Å²) in [4.78, 5) is 20.7. The zero-order valence-electron chi connectivity index (χ0n) is 12.4. The summed E-state index contributed by atoms with van der Waals surface area (Å²) in [5.41, 5.74) is 2.27. The Hall–Kier alpha value is -1.12. The van der Waals surface area contributed by atoms with Gasteiger partial charge in [0.1, 0.15) is 0 Å². The zero-order chi connectivity index (χ0) is 18.1. The van der Waals surface area contributed by atoms with Gasteiger partial charge in [0.2, 0.25) is 5.91 Å². The van der Waals surface area contributed by atoms with Crippen molar-refractivity contribution in [3.63, 3.8) is 0 Å². The summed E-state index contributed by atoms with van der Waals surface area (Å²) >= 11 is 1.62. The maximum absolute atomic E-state index is 11.0. The minimum Gasteiger partial charge on any atom is -0.286 e. The number of hydroxylamine groups is 1. The number of aryl methyl sites for hydroxylation is 2. The molecule has 0 aliphatic carbocycles. The Kier molecular flexibility index (Phi) is 9.41. The molecule has 0 aromatic carbocycles. The van der Waals surface area contributed by atoms with Gasteiger partial charge in [0.05, 0.1) is 23.6 Å². The van der Waals surface area contributed by atoms with Crippen molar-refractivity contribution in [3.8, 4) is 0 Å². The van der Waals surface area contributed by atoms with Gasteiger partial charge in [0.25, 0.3) is 20.2 Å². The molecular weight excluding hydrogens is 372 g/mol. The van der Waals surface area contributed by atoms with E-state index in [0.29, 0.717) is 6.42 Å². The molecule has 13 heteroatoms. The van der Waals surface area contributed by atoms with Gasteiger partial charge < -0.3 is 0 Å². The summed E-state index contributed by atoms with van der Waals surface area (Å²) in [5, 5.41) is 1.03. The quantitative estimate of drug-likeness (QED) is 0.424. The van der Waals surface area contributed by atoms with Crippen LogP contribution in [-0.4, -0.2) is 55.4 Å². The number of hydrogen-bond acceptors (Lipinski definition) is 8. The van der Waals surface area contributed by atoms with E-state index in [2.05, 4.69) is 15.3 Å². The second kappa shape index (κ2) is 9.89. The summed E-state index contributed by atoms with van der Waals surface area (Å²) in [6.45, 7) is 1.95. The Morgan fingerprint density at radius 2 is 1.78 bits per heavy atom. The fraction of sp³-hybridized carbons (Fsp3) is 0.600. The van der Waals surface area contributed by atoms with Crippen LogP contribution in [0.4, 0.5) is 0 Å². The normalized spacial score (nSPS) is 11.5. The third-order valence-corrected chi connectivity index (χ3v) is 4.75. The lowest BCUT2D eigenvalue weighted by molar-refractivity contribution is -0.131. The standard InChI is InChI=1S/C8H12N2O2S.C2H6O6S2/c1-6-9-5-7(13-6)3-4-8(11)10-12-2;3-9(4,5)1-2-10(6,7)8/h5H,3-4H2,1-2H3,(H,10,11);1-2H2,(H,3,4,5)(H,6,7,8). The highest BCUT2D eigenvalue weighted by molar-refractivity contribution is 7.89. The van der Waals surface area contributed by atoms with Gasteiger partial charge in [-0.05, 0) is 13.3 Å². The number of rotatable bonds is 7. The first-order valence-electron chi connectivity index (χ1n) is 6.06. The largest absolute Gasteiger partial charge is 0.286 e. The van der Waals surface area contributed by atoms with Crippen LogP contribution in [0, 0.1) is 6.92 Å². The minimum absolute atomic E-state index is 0.103. The predicted octanol–water partition coefficient (Wildman–Crippen LogP) is -0.176. The van der Waals surface area contributed by atoms with Crippen LogP contribution >= 0.6 is 11.3 Å². The predicted molar refractivity (Wildman–Crippen MR) is 83.2 cm³/mol. The molecule has 1 aromatic heterocycles. The average Bonchev–Trinajstić information content (AvgIpc) is 2.80. The van der Waals surface area contributed by atoms with Gasteiger partial charge in [0.15, 0.2) is 0 Å². The molecule has 1 aromatic rings. The minimum atomic E-state index is -4.30. The van der Waals surface area contributed by atoms with Crippen LogP contribution in [-0.2, 0) is 36.3 Å². The average molecular weight is 390 g/mol. The number of carbonyl (C=O) groups excluding carboxylic acids is 1. The van der Waals surface area contributed by atoms with Crippen molar-refractivity contribution >= 4 is 37.5 Å². The summed E-state index contributed by atoms with van der Waals surface area (Å²) in [5.74, 6) is -2.06. The van der Waals surface area contributed by atoms with Crippen molar-refractivity contribution in [3.05, 3.63) is 16.1 Å². The maximum Gasteiger partial charge on any atom is 0.265 e. The first kappa shape index (κ1) is 21.9. The van der Waals surface area contributed by atoms with Crippen LogP contribution in [0.2, 0.25) is 0 Å². The van der Waals surface area contributed by atoms with Crippen molar-refractivity contribution in [2.24, 2.45) is 0 Å². The fourth-order valence-corrected chi connectivity index (χ4v) is 3.61. The molecule has 23 heavy (non-hydrogen) atoms. The van der Waals surface area contributed by atoms with E-state index in [-0.39, 0.29) is 5.91 Å². The van der Waals surface area contributed by atoms with Gasteiger partial charge >= 0.3 is 0 Å². The summed E-state index contributed by atoms with van der Waals surface area (Å²) < 4.78 is 55.4. The smallest absolute Gasteiger partial charge is 0.265 e. The highest BCUT2D eigenvalue weighted by atomic mass is 32.2. The lowest BCUT2D eigenvalue weighted by Crippen LogP contribution is -2.21. The van der Waals surface area contributed by atoms with E-state index in [1.165, 1.54) is 7.11 Å². The molecule has 0 atom stereocenters. The number of nitrogens with zero attached hydrogens (tertiary/aromatic N) is 1. The van der Waals surface area contributed by atoms with Crippen molar-refractivity contribution in [2.45, 2.75) is 19.8 Å². The molecular formula is C10H18N2O8S3. The lowest BCUT2D eigenvalue weighted by Gasteiger charge is -1.99. The Morgan fingerprint density at radius 3 is 2.13 bits per heavy atom. The van der Waals surface area contributed by atoms with Gasteiger partial charge in [0, 0.05) is 17.5 Å². The third-order valence-electron chi connectivity index (χ3n) is 2.08. The van der Waals surface area contributed by atoms with Gasteiger partial charge in [-0.3, -0.25) is 18.7 Å². The van der Waals surface area contributed by atoms with Crippen molar-refractivity contribution in [1.82, 2.24) is 10.5 Å². The zero-order valence-corrected chi connectivity index (χ0v) is 14.9. The Balaban J connectivity index is 0.000000438. The second-order valence-corrected chi connectivity index (χ2v) is 8.61. The molecule has 1 rings (SSSR count). The molecule has 0 unspecified atom stereocenters. The summed E-state index contributed by atoms with van der Waals surface area (Å²) in [6.07, 6.45) is 2.97. The number of nitrogens with one attached hydrogen (secondary N) is 1. The first-order chi connectivity index (χ1) is 10.4.